The van der Waals surface area contributed by atoms with Crippen LogP contribution in [0.5, 0.6) is 11.6 Å². The number of nitrogens with zero attached hydrogens (tertiary/aromatic N) is 3. The molecule has 19 heavy (non-hydrogen) atoms. The molecule has 0 amide bonds. The van der Waals surface area contributed by atoms with Crippen molar-refractivity contribution in [2.75, 3.05) is 5.43 Å². The Kier molecular flexibility index (Phi) is 3.90. The van der Waals surface area contributed by atoms with E-state index in [1.165, 1.54) is 0 Å². The molecule has 2 aromatic rings. The van der Waals surface area contributed by atoms with Crippen molar-refractivity contribution in [3.05, 3.63) is 41.7 Å². The van der Waals surface area contributed by atoms with Gasteiger partial charge in [0.2, 0.25) is 5.88 Å². The predicted octanol–water partition coefficient (Wildman–Crippen LogP) is 1.93. The fraction of sp³-hybridized carbons (Fsp3) is 0.154. The maximum Gasteiger partial charge on any atom is 0.224 e. The molecule has 96 valence electrons. The van der Waals surface area contributed by atoms with Crippen LogP contribution in [0.2, 0.25) is 0 Å². The second-order valence-electron chi connectivity index (χ2n) is 3.86. The summed E-state index contributed by atoms with van der Waals surface area (Å²) in [5, 5.41) is 8.60. The minimum atomic E-state index is 0.383. The average molecular weight is 255 g/mol. The van der Waals surface area contributed by atoms with E-state index >= 15 is 0 Å². The summed E-state index contributed by atoms with van der Waals surface area (Å²) < 4.78 is 5.61. The van der Waals surface area contributed by atoms with Crippen molar-refractivity contribution in [2.45, 2.75) is 13.3 Å². The van der Waals surface area contributed by atoms with Gasteiger partial charge in [0.05, 0.1) is 12.5 Å². The van der Waals surface area contributed by atoms with Gasteiger partial charge in [-0.05, 0) is 24.6 Å². The summed E-state index contributed by atoms with van der Waals surface area (Å²) in [7, 11) is 0. The Morgan fingerprint density at radius 2 is 2.05 bits per heavy atom. The Morgan fingerprint density at radius 3 is 2.68 bits per heavy atom. The summed E-state index contributed by atoms with van der Waals surface area (Å²) in [5.74, 6) is 7.41. The van der Waals surface area contributed by atoms with Crippen LogP contribution in [0.3, 0.4) is 0 Å². The van der Waals surface area contributed by atoms with E-state index in [2.05, 4.69) is 21.5 Å². The first-order valence-corrected chi connectivity index (χ1v) is 5.67. The van der Waals surface area contributed by atoms with Gasteiger partial charge in [-0.2, -0.15) is 10.2 Å². The van der Waals surface area contributed by atoms with Crippen LogP contribution in [0, 0.1) is 18.3 Å². The molecular formula is C13H13N5O. The second kappa shape index (κ2) is 5.80. The second-order valence-corrected chi connectivity index (χ2v) is 3.86. The van der Waals surface area contributed by atoms with Gasteiger partial charge in [-0.15, -0.1) is 0 Å². The number of nitriles is 1. The fourth-order valence-electron chi connectivity index (χ4n) is 1.55. The zero-order chi connectivity index (χ0) is 13.7. The minimum absolute atomic E-state index is 0.383. The summed E-state index contributed by atoms with van der Waals surface area (Å²) in [4.78, 5) is 8.22. The van der Waals surface area contributed by atoms with Crippen LogP contribution in [0.1, 0.15) is 11.4 Å². The highest BCUT2D eigenvalue weighted by atomic mass is 16.5. The van der Waals surface area contributed by atoms with Crippen LogP contribution in [0.25, 0.3) is 0 Å². The molecule has 6 heteroatoms. The van der Waals surface area contributed by atoms with E-state index in [1.807, 2.05) is 12.1 Å². The number of rotatable bonds is 4. The minimum Gasteiger partial charge on any atom is -0.439 e. The van der Waals surface area contributed by atoms with Crippen molar-refractivity contribution in [3.63, 3.8) is 0 Å². The largest absolute Gasteiger partial charge is 0.439 e. The van der Waals surface area contributed by atoms with E-state index in [0.29, 0.717) is 29.7 Å². The van der Waals surface area contributed by atoms with Crippen molar-refractivity contribution in [2.24, 2.45) is 5.84 Å². The van der Waals surface area contributed by atoms with E-state index < -0.39 is 0 Å². The monoisotopic (exact) mass is 255 g/mol. The topological polar surface area (TPSA) is 96.9 Å². The van der Waals surface area contributed by atoms with Crippen molar-refractivity contribution < 1.29 is 4.74 Å². The summed E-state index contributed by atoms with van der Waals surface area (Å²) in [6.45, 7) is 1.75. The quantitative estimate of drug-likeness (QED) is 0.640. The van der Waals surface area contributed by atoms with E-state index in [0.717, 1.165) is 5.56 Å². The van der Waals surface area contributed by atoms with Gasteiger partial charge < -0.3 is 10.2 Å². The number of nitrogen functional groups attached to an aromatic ring is 1. The predicted molar refractivity (Wildman–Crippen MR) is 70.4 cm³/mol. The molecule has 0 bridgehead atoms. The molecule has 6 nitrogen and oxygen atoms in total. The Hall–Kier alpha value is -2.65. The van der Waals surface area contributed by atoms with E-state index in [9.17, 15) is 0 Å². The van der Waals surface area contributed by atoms with Crippen LogP contribution in [0.15, 0.2) is 30.3 Å². The van der Waals surface area contributed by atoms with E-state index in [-0.39, 0.29) is 0 Å². The molecule has 0 saturated carbocycles. The van der Waals surface area contributed by atoms with Crippen molar-refractivity contribution in [1.82, 2.24) is 9.97 Å². The van der Waals surface area contributed by atoms with Crippen LogP contribution < -0.4 is 16.0 Å². The third-order valence-corrected chi connectivity index (χ3v) is 2.39. The van der Waals surface area contributed by atoms with Gasteiger partial charge in [0, 0.05) is 6.07 Å². The molecule has 2 rings (SSSR count). The lowest BCUT2D eigenvalue weighted by Crippen LogP contribution is -2.09. The molecule has 0 aliphatic carbocycles. The molecule has 0 fully saturated rings. The molecular weight excluding hydrogens is 242 g/mol. The summed E-state index contributed by atoms with van der Waals surface area (Å²) in [5.41, 5.74) is 3.40. The molecule has 0 saturated heterocycles. The summed E-state index contributed by atoms with van der Waals surface area (Å²) in [6, 6.07) is 11.0. The molecule has 0 spiro atoms. The van der Waals surface area contributed by atoms with Gasteiger partial charge in [0.1, 0.15) is 17.4 Å². The lowest BCUT2D eigenvalue weighted by atomic mass is 10.2. The number of hydrazine groups is 1. The molecule has 1 heterocycles. The SMILES string of the molecule is Cc1nc(NN)cc(Oc2ccc(CC#N)cc2)n1. The number of ether oxygens (including phenoxy) is 1. The number of aryl methyl sites for hydroxylation is 1. The van der Waals surface area contributed by atoms with Gasteiger partial charge in [0.15, 0.2) is 0 Å². The first-order chi connectivity index (χ1) is 9.21. The molecule has 0 aliphatic heterocycles. The molecule has 0 unspecified atom stereocenters. The Balaban J connectivity index is 2.16. The van der Waals surface area contributed by atoms with Gasteiger partial charge in [-0.25, -0.2) is 10.8 Å². The van der Waals surface area contributed by atoms with Crippen LogP contribution >= 0.6 is 0 Å². The maximum absolute atomic E-state index is 8.60. The van der Waals surface area contributed by atoms with Crippen molar-refractivity contribution in [3.8, 4) is 17.7 Å². The number of nitrogens with two attached hydrogens (primary N) is 1. The normalized spacial score (nSPS) is 9.74. The van der Waals surface area contributed by atoms with Crippen molar-refractivity contribution in [1.29, 1.82) is 5.26 Å². The highest BCUT2D eigenvalue weighted by Gasteiger charge is 2.03. The van der Waals surface area contributed by atoms with Crippen LogP contribution in [-0.4, -0.2) is 9.97 Å². The Labute approximate surface area is 110 Å². The van der Waals surface area contributed by atoms with Gasteiger partial charge in [-0.1, -0.05) is 12.1 Å². The third-order valence-electron chi connectivity index (χ3n) is 2.39. The lowest BCUT2D eigenvalue weighted by Gasteiger charge is -2.07. The first kappa shape index (κ1) is 12.8. The molecule has 1 aromatic heterocycles. The van der Waals surface area contributed by atoms with Crippen LogP contribution in [-0.2, 0) is 6.42 Å². The number of aromatic nitrogens is 2. The van der Waals surface area contributed by atoms with Gasteiger partial charge >= 0.3 is 0 Å². The number of anilines is 1. The number of nitrogens with one attached hydrogen (secondary N) is 1. The average Bonchev–Trinajstić information content (AvgIpc) is 2.40. The zero-order valence-corrected chi connectivity index (χ0v) is 10.4. The molecule has 3 N–H and O–H groups in total. The number of benzene rings is 1. The molecule has 0 radical (unpaired) electrons. The molecule has 0 atom stereocenters. The molecule has 1 aromatic carbocycles. The smallest absolute Gasteiger partial charge is 0.224 e. The van der Waals surface area contributed by atoms with Gasteiger partial charge in [0.25, 0.3) is 0 Å². The third kappa shape index (κ3) is 3.40. The van der Waals surface area contributed by atoms with E-state index in [4.69, 9.17) is 15.8 Å². The summed E-state index contributed by atoms with van der Waals surface area (Å²) >= 11 is 0. The Bertz CT molecular complexity index is 603. The Morgan fingerprint density at radius 1 is 1.32 bits per heavy atom. The number of hydrogen-bond acceptors (Lipinski definition) is 6. The van der Waals surface area contributed by atoms with Crippen molar-refractivity contribution >= 4 is 5.82 Å². The highest BCUT2D eigenvalue weighted by Crippen LogP contribution is 2.21. The fourth-order valence-corrected chi connectivity index (χ4v) is 1.55. The number of hydrogen-bond donors (Lipinski definition) is 2. The summed E-state index contributed by atoms with van der Waals surface area (Å²) in [6.07, 6.45) is 0.383. The lowest BCUT2D eigenvalue weighted by molar-refractivity contribution is 0.460. The van der Waals surface area contributed by atoms with Gasteiger partial charge in [-0.3, -0.25) is 0 Å². The molecule has 0 aliphatic rings. The highest BCUT2D eigenvalue weighted by molar-refractivity contribution is 5.39. The standard InChI is InChI=1S/C13H13N5O/c1-9-16-12(18-15)8-13(17-9)19-11-4-2-10(3-5-11)6-7-14/h2-5,8H,6,15H2,1H3,(H,16,17,18). The van der Waals surface area contributed by atoms with Crippen LogP contribution in [0.4, 0.5) is 5.82 Å². The first-order valence-electron chi connectivity index (χ1n) is 5.67. The maximum atomic E-state index is 8.60. The zero-order valence-electron chi connectivity index (χ0n) is 10.4. The van der Waals surface area contributed by atoms with E-state index in [1.54, 1.807) is 25.1 Å².